The van der Waals surface area contributed by atoms with Crippen LogP contribution in [-0.2, 0) is 6.54 Å². The molecule has 1 aromatic rings. The molecular weight excluding hydrogens is 255 g/mol. The molecule has 0 aliphatic heterocycles. The number of aromatic nitrogens is 2. The highest BCUT2D eigenvalue weighted by atomic mass is 35.5. The number of rotatable bonds is 4. The van der Waals surface area contributed by atoms with Crippen molar-refractivity contribution < 1.29 is 4.39 Å². The molecule has 1 unspecified atom stereocenters. The van der Waals surface area contributed by atoms with Crippen LogP contribution in [0.25, 0.3) is 0 Å². The summed E-state index contributed by atoms with van der Waals surface area (Å²) in [5, 5.41) is -0.538. The topological polar surface area (TPSA) is 54.9 Å². The van der Waals surface area contributed by atoms with Crippen LogP contribution in [0.5, 0.6) is 0 Å². The summed E-state index contributed by atoms with van der Waals surface area (Å²) in [6.07, 6.45) is 1.92. The van der Waals surface area contributed by atoms with E-state index >= 15 is 0 Å². The maximum absolute atomic E-state index is 13.2. The molecule has 0 aromatic carbocycles. The molecule has 1 rings (SSSR count). The van der Waals surface area contributed by atoms with E-state index in [0.717, 1.165) is 10.3 Å². The highest BCUT2D eigenvalue weighted by Gasteiger charge is 2.14. The van der Waals surface area contributed by atoms with Crippen molar-refractivity contribution in [2.24, 2.45) is 5.92 Å². The lowest BCUT2D eigenvalue weighted by Gasteiger charge is -2.11. The van der Waals surface area contributed by atoms with Gasteiger partial charge in [0, 0.05) is 6.54 Å². The minimum Gasteiger partial charge on any atom is -0.295 e. The normalized spacial score (nSPS) is 12.8. The SMILES string of the molecule is CSCC(C)Cn1c(=O)[nH]c(Cl)c(F)c1=O. The van der Waals surface area contributed by atoms with Gasteiger partial charge in [-0.25, -0.2) is 4.79 Å². The van der Waals surface area contributed by atoms with Gasteiger partial charge >= 0.3 is 5.69 Å². The Morgan fingerprint density at radius 3 is 2.75 bits per heavy atom. The van der Waals surface area contributed by atoms with Crippen LogP contribution in [0.2, 0.25) is 5.15 Å². The first-order valence-corrected chi connectivity index (χ1v) is 6.41. The zero-order chi connectivity index (χ0) is 12.3. The van der Waals surface area contributed by atoms with Gasteiger partial charge in [0.2, 0.25) is 5.82 Å². The first kappa shape index (κ1) is 13.3. The standard InChI is InChI=1S/C9H12ClFN2O2S/c1-5(4-16-2)3-13-8(14)6(11)7(10)12-9(13)15/h5H,3-4H2,1-2H3,(H,12,15). The monoisotopic (exact) mass is 266 g/mol. The zero-order valence-corrected chi connectivity index (χ0v) is 10.5. The van der Waals surface area contributed by atoms with Crippen molar-refractivity contribution in [2.75, 3.05) is 12.0 Å². The summed E-state index contributed by atoms with van der Waals surface area (Å²) in [5.74, 6) is -0.220. The van der Waals surface area contributed by atoms with E-state index in [-0.39, 0.29) is 12.5 Å². The second-order valence-corrected chi connectivity index (χ2v) is 4.82. The average Bonchev–Trinajstić information content (AvgIpc) is 2.22. The Kier molecular flexibility index (Phi) is 4.61. The molecule has 16 heavy (non-hydrogen) atoms. The second kappa shape index (κ2) is 5.54. The number of halogens is 2. The van der Waals surface area contributed by atoms with Gasteiger partial charge < -0.3 is 0 Å². The molecule has 0 bridgehead atoms. The Bertz CT molecular complexity index is 485. The molecule has 1 N–H and O–H groups in total. The molecule has 0 fully saturated rings. The van der Waals surface area contributed by atoms with E-state index in [4.69, 9.17) is 11.6 Å². The smallest absolute Gasteiger partial charge is 0.295 e. The molecule has 0 radical (unpaired) electrons. The fourth-order valence-corrected chi connectivity index (χ4v) is 2.17. The molecule has 0 saturated carbocycles. The van der Waals surface area contributed by atoms with Crippen LogP contribution in [0.4, 0.5) is 4.39 Å². The fourth-order valence-electron chi connectivity index (χ4n) is 1.34. The Morgan fingerprint density at radius 1 is 1.56 bits per heavy atom. The number of H-pyrrole nitrogens is 1. The average molecular weight is 267 g/mol. The molecule has 1 aromatic heterocycles. The minimum atomic E-state index is -1.11. The maximum atomic E-state index is 13.2. The molecule has 0 amide bonds. The number of hydrogen-bond donors (Lipinski definition) is 1. The van der Waals surface area contributed by atoms with E-state index < -0.39 is 22.2 Å². The predicted octanol–water partition coefficient (Wildman–Crippen LogP) is 1.33. The third-order valence-electron chi connectivity index (χ3n) is 2.03. The summed E-state index contributed by atoms with van der Waals surface area (Å²) < 4.78 is 14.0. The highest BCUT2D eigenvalue weighted by molar-refractivity contribution is 7.98. The van der Waals surface area contributed by atoms with E-state index in [1.165, 1.54) is 0 Å². The Labute approximate surface area is 101 Å². The largest absolute Gasteiger partial charge is 0.329 e. The summed E-state index contributed by atoms with van der Waals surface area (Å²) in [4.78, 5) is 24.9. The van der Waals surface area contributed by atoms with Crippen LogP contribution in [0, 0.1) is 11.7 Å². The first-order valence-electron chi connectivity index (χ1n) is 4.64. The Hall–Kier alpha value is -0.750. The van der Waals surface area contributed by atoms with Gasteiger partial charge in [0.1, 0.15) is 0 Å². The van der Waals surface area contributed by atoms with Gasteiger partial charge in [-0.2, -0.15) is 16.2 Å². The summed E-state index contributed by atoms with van der Waals surface area (Å²) in [5.41, 5.74) is -1.65. The molecular formula is C9H12ClFN2O2S. The molecule has 0 aliphatic rings. The number of thioether (sulfide) groups is 1. The van der Waals surface area contributed by atoms with E-state index in [1.807, 2.05) is 13.2 Å². The van der Waals surface area contributed by atoms with Crippen LogP contribution < -0.4 is 11.2 Å². The molecule has 0 saturated heterocycles. The maximum Gasteiger partial charge on any atom is 0.329 e. The number of nitrogens with one attached hydrogen (secondary N) is 1. The lowest BCUT2D eigenvalue weighted by Crippen LogP contribution is -2.38. The van der Waals surface area contributed by atoms with Gasteiger partial charge in [0.05, 0.1) is 0 Å². The number of aromatic amines is 1. The van der Waals surface area contributed by atoms with Crippen molar-refractivity contribution in [3.63, 3.8) is 0 Å². The van der Waals surface area contributed by atoms with E-state index in [2.05, 4.69) is 4.98 Å². The fraction of sp³-hybridized carbons (Fsp3) is 0.556. The summed E-state index contributed by atoms with van der Waals surface area (Å²) in [7, 11) is 0. The van der Waals surface area contributed by atoms with Gasteiger partial charge in [-0.1, -0.05) is 18.5 Å². The van der Waals surface area contributed by atoms with Crippen molar-refractivity contribution in [1.29, 1.82) is 0 Å². The van der Waals surface area contributed by atoms with E-state index in [9.17, 15) is 14.0 Å². The van der Waals surface area contributed by atoms with Gasteiger partial charge in [-0.05, 0) is 17.9 Å². The van der Waals surface area contributed by atoms with Crippen LogP contribution in [0.15, 0.2) is 9.59 Å². The quantitative estimate of drug-likeness (QED) is 0.837. The molecule has 0 aliphatic carbocycles. The third kappa shape index (κ3) is 2.89. The van der Waals surface area contributed by atoms with Crippen LogP contribution in [0.1, 0.15) is 6.92 Å². The highest BCUT2D eigenvalue weighted by Crippen LogP contribution is 2.07. The van der Waals surface area contributed by atoms with Crippen molar-refractivity contribution in [1.82, 2.24) is 9.55 Å². The minimum absolute atomic E-state index is 0.106. The molecule has 90 valence electrons. The lowest BCUT2D eigenvalue weighted by atomic mass is 10.2. The van der Waals surface area contributed by atoms with Crippen LogP contribution in [-0.4, -0.2) is 21.6 Å². The first-order chi connectivity index (χ1) is 7.47. The molecule has 1 heterocycles. The zero-order valence-electron chi connectivity index (χ0n) is 8.92. The second-order valence-electron chi connectivity index (χ2n) is 3.53. The third-order valence-corrected chi connectivity index (χ3v) is 3.20. The molecule has 0 spiro atoms. The number of hydrogen-bond acceptors (Lipinski definition) is 3. The summed E-state index contributed by atoms with van der Waals surface area (Å²) in [6, 6.07) is 0. The van der Waals surface area contributed by atoms with Crippen LogP contribution >= 0.6 is 23.4 Å². The van der Waals surface area contributed by atoms with Crippen LogP contribution in [0.3, 0.4) is 0 Å². The summed E-state index contributed by atoms with van der Waals surface area (Å²) >= 11 is 6.94. The van der Waals surface area contributed by atoms with Crippen molar-refractivity contribution in [3.05, 3.63) is 31.8 Å². The lowest BCUT2D eigenvalue weighted by molar-refractivity contribution is 0.472. The summed E-state index contributed by atoms with van der Waals surface area (Å²) in [6.45, 7) is 2.07. The Morgan fingerprint density at radius 2 is 2.19 bits per heavy atom. The predicted molar refractivity (Wildman–Crippen MR) is 63.8 cm³/mol. The molecule has 4 nitrogen and oxygen atoms in total. The van der Waals surface area contributed by atoms with Gasteiger partial charge in [0.25, 0.3) is 5.56 Å². The van der Waals surface area contributed by atoms with E-state index in [0.29, 0.717) is 0 Å². The van der Waals surface area contributed by atoms with Crippen molar-refractivity contribution in [2.45, 2.75) is 13.5 Å². The number of nitrogens with zero attached hydrogens (tertiary/aromatic N) is 1. The van der Waals surface area contributed by atoms with Crippen molar-refractivity contribution in [3.8, 4) is 0 Å². The van der Waals surface area contributed by atoms with Gasteiger partial charge in [-0.15, -0.1) is 0 Å². The van der Waals surface area contributed by atoms with Crippen molar-refractivity contribution >= 4 is 23.4 Å². The molecule has 7 heteroatoms. The van der Waals surface area contributed by atoms with Gasteiger partial charge in [-0.3, -0.25) is 14.3 Å². The van der Waals surface area contributed by atoms with Gasteiger partial charge in [0.15, 0.2) is 5.15 Å². The van der Waals surface area contributed by atoms with E-state index in [1.54, 1.807) is 11.8 Å². The molecule has 1 atom stereocenters. The Balaban J connectivity index is 3.10.